The van der Waals surface area contributed by atoms with Crippen molar-refractivity contribution in [2.24, 2.45) is 33.8 Å². The van der Waals surface area contributed by atoms with Crippen LogP contribution in [0.1, 0.15) is 24.0 Å². The van der Waals surface area contributed by atoms with Crippen molar-refractivity contribution < 1.29 is 24.3 Å². The van der Waals surface area contributed by atoms with Crippen LogP contribution in [0.2, 0.25) is 0 Å². The van der Waals surface area contributed by atoms with Gasteiger partial charge in [-0.25, -0.2) is 0 Å². The number of benzene rings is 2. The third-order valence-electron chi connectivity index (χ3n) is 5.80. The number of nitrogen functional groups attached to an aromatic ring is 1. The molecule has 0 spiro atoms. The van der Waals surface area contributed by atoms with Gasteiger partial charge < -0.3 is 44.0 Å². The molecule has 2 rings (SSSR count). The molecule has 0 saturated carbocycles. The van der Waals surface area contributed by atoms with Crippen molar-refractivity contribution in [3.8, 4) is 0 Å². The second-order valence-electron chi connectivity index (χ2n) is 8.88. The van der Waals surface area contributed by atoms with Gasteiger partial charge >= 0.3 is 0 Å². The van der Waals surface area contributed by atoms with Gasteiger partial charge in [-0.3, -0.25) is 29.6 Å². The van der Waals surface area contributed by atoms with E-state index in [2.05, 4.69) is 20.9 Å². The normalized spacial score (nSPS) is 12.7. The first kappa shape index (κ1) is 31.2. The van der Waals surface area contributed by atoms with Crippen LogP contribution < -0.4 is 38.9 Å². The van der Waals surface area contributed by atoms with E-state index < -0.39 is 48.2 Å². The Hall–Kier alpha value is -4.98. The van der Waals surface area contributed by atoms with Gasteiger partial charge in [-0.2, -0.15) is 0 Å². The maximum absolute atomic E-state index is 13.3. The third-order valence-corrected chi connectivity index (χ3v) is 5.80. The Balaban J connectivity index is 2.17. The van der Waals surface area contributed by atoms with Gasteiger partial charge in [0.1, 0.15) is 23.8 Å². The molecule has 14 heteroatoms. The zero-order valence-corrected chi connectivity index (χ0v) is 21.8. The predicted molar refractivity (Wildman–Crippen MR) is 150 cm³/mol. The first-order valence-corrected chi connectivity index (χ1v) is 12.4. The van der Waals surface area contributed by atoms with Gasteiger partial charge in [-0.1, -0.05) is 42.5 Å². The van der Waals surface area contributed by atoms with Crippen LogP contribution in [0.3, 0.4) is 0 Å². The first-order chi connectivity index (χ1) is 19.0. The second-order valence-corrected chi connectivity index (χ2v) is 8.88. The van der Waals surface area contributed by atoms with Crippen molar-refractivity contribution in [3.63, 3.8) is 0 Å². The number of carbonyl (C=O) groups is 4. The summed E-state index contributed by atoms with van der Waals surface area (Å²) in [6, 6.07) is 12.3. The Kier molecular flexibility index (Phi) is 12.1. The average molecular weight is 554 g/mol. The summed E-state index contributed by atoms with van der Waals surface area (Å²) in [5, 5.41) is 24.8. The summed E-state index contributed by atoms with van der Waals surface area (Å²) in [7, 11) is 0. The number of aliphatic hydroxyl groups is 1. The lowest BCUT2D eigenvalue weighted by atomic mass is 9.96. The summed E-state index contributed by atoms with van der Waals surface area (Å²) >= 11 is 0. The number of para-hydroxylation sites is 1. The van der Waals surface area contributed by atoms with Gasteiger partial charge in [0.25, 0.3) is 0 Å². The number of nitrogens with zero attached hydrogens (tertiary/aromatic N) is 1. The SMILES string of the molecule is N=C(N)c1ccc(CC(C(=O)Nc2ccccc2)C(=O)N[C@@H](CO)C(=O)N[C@@H](CCCN=C(N)N)C(N)=O)cc1. The molecule has 0 aliphatic rings. The number of rotatable bonds is 15. The fourth-order valence-corrected chi connectivity index (χ4v) is 3.64. The van der Waals surface area contributed by atoms with Gasteiger partial charge in [0.15, 0.2) is 5.96 Å². The fraction of sp³-hybridized carbons (Fsp3) is 0.308. The molecule has 40 heavy (non-hydrogen) atoms. The quantitative estimate of drug-likeness (QED) is 0.0528. The smallest absolute Gasteiger partial charge is 0.245 e. The number of hydrogen-bond donors (Lipinski definition) is 9. The molecule has 0 radical (unpaired) electrons. The maximum Gasteiger partial charge on any atom is 0.245 e. The number of carbonyl (C=O) groups excluding carboxylic acids is 4. The molecule has 0 saturated heterocycles. The largest absolute Gasteiger partial charge is 0.394 e. The lowest BCUT2D eigenvalue weighted by Gasteiger charge is -2.23. The van der Waals surface area contributed by atoms with Crippen molar-refractivity contribution in [1.29, 1.82) is 5.41 Å². The number of anilines is 1. The zero-order valence-electron chi connectivity index (χ0n) is 21.8. The minimum Gasteiger partial charge on any atom is -0.394 e. The highest BCUT2D eigenvalue weighted by atomic mass is 16.3. The fourth-order valence-electron chi connectivity index (χ4n) is 3.64. The lowest BCUT2D eigenvalue weighted by molar-refractivity contribution is -0.136. The summed E-state index contributed by atoms with van der Waals surface area (Å²) in [5.41, 5.74) is 22.9. The summed E-state index contributed by atoms with van der Waals surface area (Å²) in [4.78, 5) is 54.9. The monoisotopic (exact) mass is 553 g/mol. The third kappa shape index (κ3) is 10.1. The van der Waals surface area contributed by atoms with E-state index in [9.17, 15) is 24.3 Å². The van der Waals surface area contributed by atoms with E-state index in [4.69, 9.17) is 28.3 Å². The molecule has 2 aromatic rings. The minimum atomic E-state index is -1.47. The number of nitrogens with two attached hydrogens (primary N) is 4. The molecular weight excluding hydrogens is 518 g/mol. The molecule has 3 atom stereocenters. The van der Waals surface area contributed by atoms with Crippen LogP contribution in [0.25, 0.3) is 0 Å². The molecule has 214 valence electrons. The van der Waals surface area contributed by atoms with E-state index >= 15 is 0 Å². The van der Waals surface area contributed by atoms with Crippen LogP contribution in [0.5, 0.6) is 0 Å². The number of guanidine groups is 1. The van der Waals surface area contributed by atoms with Crippen LogP contribution in [-0.4, -0.2) is 65.8 Å². The van der Waals surface area contributed by atoms with Gasteiger partial charge in [-0.05, 0) is 37.0 Å². The second kappa shape index (κ2) is 15.4. The summed E-state index contributed by atoms with van der Waals surface area (Å²) in [6.45, 7) is -0.606. The highest BCUT2D eigenvalue weighted by molar-refractivity contribution is 6.07. The molecule has 0 heterocycles. The average Bonchev–Trinajstić information content (AvgIpc) is 2.92. The van der Waals surface area contributed by atoms with Crippen molar-refractivity contribution in [2.75, 3.05) is 18.5 Å². The van der Waals surface area contributed by atoms with Crippen LogP contribution in [-0.2, 0) is 25.6 Å². The standard InChI is InChI=1S/C26H35N9O5/c27-21(28)16-10-8-15(9-11-16)13-18(23(38)33-17-5-2-1-3-6-17)24(39)35-20(14-36)25(40)34-19(22(29)37)7-4-12-32-26(30)31/h1-3,5-6,8-11,18-20,36H,4,7,12-14H2,(H3,27,28)(H2,29,37)(H,33,38)(H,34,40)(H,35,39)(H4,30,31,32)/t18?,19-,20-/m0/s1. The van der Waals surface area contributed by atoms with Crippen LogP contribution >= 0.6 is 0 Å². The van der Waals surface area contributed by atoms with Crippen molar-refractivity contribution >= 4 is 41.1 Å². The van der Waals surface area contributed by atoms with Crippen molar-refractivity contribution in [3.05, 3.63) is 65.7 Å². The van der Waals surface area contributed by atoms with Crippen molar-refractivity contribution in [2.45, 2.75) is 31.3 Å². The van der Waals surface area contributed by atoms with Gasteiger partial charge in [-0.15, -0.1) is 0 Å². The number of amidine groups is 1. The molecule has 0 bridgehead atoms. The van der Waals surface area contributed by atoms with E-state index in [1.807, 2.05) is 0 Å². The molecule has 13 N–H and O–H groups in total. The summed E-state index contributed by atoms with van der Waals surface area (Å²) in [6.07, 6.45) is 0.381. The number of primary amides is 1. The Morgan fingerprint density at radius 2 is 1.48 bits per heavy atom. The highest BCUT2D eigenvalue weighted by Gasteiger charge is 2.32. The highest BCUT2D eigenvalue weighted by Crippen LogP contribution is 2.15. The topological polar surface area (TPSA) is 265 Å². The van der Waals surface area contributed by atoms with Gasteiger partial charge in [0.05, 0.1) is 6.61 Å². The van der Waals surface area contributed by atoms with Gasteiger partial charge in [0.2, 0.25) is 23.6 Å². The van der Waals surface area contributed by atoms with Crippen molar-refractivity contribution in [1.82, 2.24) is 10.6 Å². The van der Waals surface area contributed by atoms with E-state index in [0.29, 0.717) is 23.2 Å². The van der Waals surface area contributed by atoms with Crippen LogP contribution in [0.4, 0.5) is 5.69 Å². The zero-order chi connectivity index (χ0) is 29.7. The first-order valence-electron chi connectivity index (χ1n) is 12.4. The van der Waals surface area contributed by atoms with E-state index in [1.165, 1.54) is 0 Å². The number of aliphatic hydroxyl groups excluding tert-OH is 1. The Bertz CT molecular complexity index is 1210. The molecule has 4 amide bonds. The van der Waals surface area contributed by atoms with E-state index in [-0.39, 0.29) is 31.2 Å². The number of amides is 4. The Morgan fingerprint density at radius 1 is 0.850 bits per heavy atom. The molecule has 0 aliphatic carbocycles. The lowest BCUT2D eigenvalue weighted by Crippen LogP contribution is -2.56. The molecular formula is C26H35N9O5. The van der Waals surface area contributed by atoms with Gasteiger partial charge in [0, 0.05) is 17.8 Å². The maximum atomic E-state index is 13.3. The van der Waals surface area contributed by atoms with E-state index in [1.54, 1.807) is 54.6 Å². The molecule has 1 unspecified atom stereocenters. The number of aliphatic imine (C=N–C) groups is 1. The molecule has 14 nitrogen and oxygen atoms in total. The predicted octanol–water partition coefficient (Wildman–Crippen LogP) is -1.73. The molecule has 0 aliphatic heterocycles. The molecule has 2 aromatic carbocycles. The minimum absolute atomic E-state index is 0.0584. The Morgan fingerprint density at radius 3 is 2.02 bits per heavy atom. The van der Waals surface area contributed by atoms with Crippen LogP contribution in [0.15, 0.2) is 59.6 Å². The Labute approximate surface area is 231 Å². The van der Waals surface area contributed by atoms with Crippen LogP contribution in [0, 0.1) is 11.3 Å². The number of hydrogen-bond acceptors (Lipinski definition) is 7. The summed E-state index contributed by atoms with van der Waals surface area (Å²) in [5.74, 6) is -4.73. The number of nitrogens with one attached hydrogen (secondary N) is 4. The molecule has 0 aromatic heterocycles. The molecule has 0 fully saturated rings. The van der Waals surface area contributed by atoms with E-state index in [0.717, 1.165) is 0 Å². The summed E-state index contributed by atoms with van der Waals surface area (Å²) < 4.78 is 0.